The van der Waals surface area contributed by atoms with E-state index in [0.717, 1.165) is 35.7 Å². The maximum atomic E-state index is 10.9. The normalized spacial score (nSPS) is 10.0. The molecule has 4 nitrogen and oxygen atoms in total. The Labute approximate surface area is 108 Å². The van der Waals surface area contributed by atoms with Gasteiger partial charge in [-0.05, 0) is 31.9 Å². The maximum Gasteiger partial charge on any atom is 0.142 e. The highest BCUT2D eigenvalue weighted by atomic mass is 16.5. The van der Waals surface area contributed by atoms with Gasteiger partial charge in [0.1, 0.15) is 17.3 Å². The second-order valence-electron chi connectivity index (χ2n) is 4.25. The lowest BCUT2D eigenvalue weighted by atomic mass is 10.1. The van der Waals surface area contributed by atoms with Crippen molar-refractivity contribution in [3.8, 4) is 11.5 Å². The van der Waals surface area contributed by atoms with Crippen LogP contribution < -0.4 is 14.8 Å². The smallest absolute Gasteiger partial charge is 0.142 e. The fraction of sp³-hybridized carbons (Fsp3) is 0.500. The van der Waals surface area contributed by atoms with Crippen molar-refractivity contribution < 1.29 is 14.3 Å². The van der Waals surface area contributed by atoms with Crippen molar-refractivity contribution in [3.05, 3.63) is 17.7 Å². The zero-order chi connectivity index (χ0) is 13.5. The summed E-state index contributed by atoms with van der Waals surface area (Å²) < 4.78 is 10.6. The number of Topliss-reactive ketones (excluding diaryl/α,β-unsaturated/α-hetero) is 1. The molecule has 0 heterocycles. The van der Waals surface area contributed by atoms with E-state index < -0.39 is 0 Å². The summed E-state index contributed by atoms with van der Waals surface area (Å²) in [4.78, 5) is 10.9. The molecule has 1 aromatic carbocycles. The molecule has 100 valence electrons. The maximum absolute atomic E-state index is 10.9. The average molecular weight is 251 g/mol. The van der Waals surface area contributed by atoms with E-state index in [4.69, 9.17) is 9.47 Å². The molecule has 0 amide bonds. The summed E-state index contributed by atoms with van der Waals surface area (Å²) in [6.07, 6.45) is 1.41. The molecule has 0 radical (unpaired) electrons. The Kier molecular flexibility index (Phi) is 5.49. The third-order valence-electron chi connectivity index (χ3n) is 2.74. The van der Waals surface area contributed by atoms with Crippen molar-refractivity contribution in [1.29, 1.82) is 0 Å². The number of ketones is 1. The number of methoxy groups -OCH3 is 2. The number of ether oxygens (including phenoxy) is 2. The standard InChI is InChI=1S/C14H21NO3/c1-10-8-14(18-4)12(9-13(10)17-3)15-7-5-6-11(2)16/h8-9,15H,5-7H2,1-4H3. The van der Waals surface area contributed by atoms with Crippen molar-refractivity contribution in [1.82, 2.24) is 0 Å². The van der Waals surface area contributed by atoms with Gasteiger partial charge in [0.2, 0.25) is 0 Å². The summed E-state index contributed by atoms with van der Waals surface area (Å²) in [6, 6.07) is 3.86. The van der Waals surface area contributed by atoms with Crippen LogP contribution in [0.4, 0.5) is 5.69 Å². The largest absolute Gasteiger partial charge is 0.496 e. The van der Waals surface area contributed by atoms with Crippen LogP contribution in [0.25, 0.3) is 0 Å². The van der Waals surface area contributed by atoms with E-state index in [1.165, 1.54) is 0 Å². The molecular formula is C14H21NO3. The van der Waals surface area contributed by atoms with Gasteiger partial charge in [-0.1, -0.05) is 0 Å². The van der Waals surface area contributed by atoms with Crippen LogP contribution in [0.15, 0.2) is 12.1 Å². The van der Waals surface area contributed by atoms with Crippen LogP contribution in [-0.2, 0) is 4.79 Å². The third kappa shape index (κ3) is 3.95. The Morgan fingerprint density at radius 3 is 2.44 bits per heavy atom. The second kappa shape index (κ2) is 6.89. The molecule has 1 aromatic rings. The highest BCUT2D eigenvalue weighted by Gasteiger charge is 2.08. The number of hydrogen-bond acceptors (Lipinski definition) is 4. The van der Waals surface area contributed by atoms with E-state index in [2.05, 4.69) is 5.32 Å². The molecule has 0 aliphatic carbocycles. The number of benzene rings is 1. The fourth-order valence-corrected chi connectivity index (χ4v) is 1.75. The quantitative estimate of drug-likeness (QED) is 0.757. The van der Waals surface area contributed by atoms with Crippen molar-refractivity contribution in [2.45, 2.75) is 26.7 Å². The predicted octanol–water partition coefficient (Wildman–Crippen LogP) is 2.79. The van der Waals surface area contributed by atoms with Gasteiger partial charge < -0.3 is 19.6 Å². The summed E-state index contributed by atoms with van der Waals surface area (Å²) in [5.41, 5.74) is 1.92. The van der Waals surface area contributed by atoms with Gasteiger partial charge in [-0.15, -0.1) is 0 Å². The van der Waals surface area contributed by atoms with Crippen LogP contribution in [-0.4, -0.2) is 26.5 Å². The predicted molar refractivity (Wildman–Crippen MR) is 72.7 cm³/mol. The zero-order valence-corrected chi connectivity index (χ0v) is 11.5. The van der Waals surface area contributed by atoms with Gasteiger partial charge in [0.05, 0.1) is 19.9 Å². The first kappa shape index (κ1) is 14.4. The summed E-state index contributed by atoms with van der Waals surface area (Å²) in [5, 5.41) is 3.26. The topological polar surface area (TPSA) is 47.6 Å². The molecule has 0 saturated heterocycles. The molecule has 0 aliphatic heterocycles. The first-order valence-electron chi connectivity index (χ1n) is 6.04. The average Bonchev–Trinajstić information content (AvgIpc) is 2.35. The summed E-state index contributed by atoms with van der Waals surface area (Å²) in [6.45, 7) is 4.32. The van der Waals surface area contributed by atoms with Crippen molar-refractivity contribution >= 4 is 11.5 Å². The minimum Gasteiger partial charge on any atom is -0.496 e. The van der Waals surface area contributed by atoms with Gasteiger partial charge >= 0.3 is 0 Å². The summed E-state index contributed by atoms with van der Waals surface area (Å²) >= 11 is 0. The lowest BCUT2D eigenvalue weighted by Gasteiger charge is -2.14. The lowest BCUT2D eigenvalue weighted by Crippen LogP contribution is -2.05. The Balaban J connectivity index is 2.70. The van der Waals surface area contributed by atoms with Crippen LogP contribution in [0, 0.1) is 6.92 Å². The van der Waals surface area contributed by atoms with Gasteiger partial charge in [-0.2, -0.15) is 0 Å². The first-order chi connectivity index (χ1) is 8.58. The number of rotatable bonds is 7. The SMILES string of the molecule is COc1cc(NCCCC(C)=O)c(OC)cc1C. The first-order valence-corrected chi connectivity index (χ1v) is 6.04. The van der Waals surface area contributed by atoms with Gasteiger partial charge in [-0.25, -0.2) is 0 Å². The van der Waals surface area contributed by atoms with E-state index >= 15 is 0 Å². The molecule has 18 heavy (non-hydrogen) atoms. The number of aryl methyl sites for hydroxylation is 1. The van der Waals surface area contributed by atoms with E-state index in [1.807, 2.05) is 19.1 Å². The van der Waals surface area contributed by atoms with Crippen LogP contribution in [0.3, 0.4) is 0 Å². The van der Waals surface area contributed by atoms with Gasteiger partial charge in [0.15, 0.2) is 0 Å². The number of hydrogen-bond donors (Lipinski definition) is 1. The Bertz CT molecular complexity index is 416. The number of anilines is 1. The molecule has 1 N–H and O–H groups in total. The number of carbonyl (C=O) groups is 1. The Morgan fingerprint density at radius 2 is 1.89 bits per heavy atom. The molecule has 4 heteroatoms. The Hall–Kier alpha value is -1.71. The van der Waals surface area contributed by atoms with E-state index in [9.17, 15) is 4.79 Å². The number of carbonyl (C=O) groups excluding carboxylic acids is 1. The minimum atomic E-state index is 0.213. The molecule has 0 aliphatic rings. The molecule has 0 bridgehead atoms. The van der Waals surface area contributed by atoms with E-state index in [0.29, 0.717) is 6.42 Å². The minimum absolute atomic E-state index is 0.213. The summed E-state index contributed by atoms with van der Waals surface area (Å²) in [5.74, 6) is 1.83. The van der Waals surface area contributed by atoms with Crippen LogP contribution >= 0.6 is 0 Å². The lowest BCUT2D eigenvalue weighted by molar-refractivity contribution is -0.117. The molecule has 0 spiro atoms. The Morgan fingerprint density at radius 1 is 1.22 bits per heavy atom. The van der Waals surface area contributed by atoms with Crippen LogP contribution in [0.1, 0.15) is 25.3 Å². The molecule has 0 fully saturated rings. The summed E-state index contributed by atoms with van der Waals surface area (Å²) in [7, 11) is 3.29. The molecule has 0 unspecified atom stereocenters. The van der Waals surface area contributed by atoms with Crippen molar-refractivity contribution in [2.24, 2.45) is 0 Å². The van der Waals surface area contributed by atoms with Crippen LogP contribution in [0.5, 0.6) is 11.5 Å². The highest BCUT2D eigenvalue weighted by molar-refractivity contribution is 5.75. The second-order valence-corrected chi connectivity index (χ2v) is 4.25. The fourth-order valence-electron chi connectivity index (χ4n) is 1.75. The third-order valence-corrected chi connectivity index (χ3v) is 2.74. The molecule has 0 aromatic heterocycles. The van der Waals surface area contributed by atoms with Crippen molar-refractivity contribution in [2.75, 3.05) is 26.1 Å². The molecule has 0 saturated carbocycles. The number of nitrogens with one attached hydrogen (secondary N) is 1. The molecular weight excluding hydrogens is 230 g/mol. The highest BCUT2D eigenvalue weighted by Crippen LogP contribution is 2.32. The van der Waals surface area contributed by atoms with Crippen molar-refractivity contribution in [3.63, 3.8) is 0 Å². The van der Waals surface area contributed by atoms with E-state index in [1.54, 1.807) is 21.1 Å². The van der Waals surface area contributed by atoms with Gasteiger partial charge in [-0.3, -0.25) is 0 Å². The van der Waals surface area contributed by atoms with E-state index in [-0.39, 0.29) is 5.78 Å². The van der Waals surface area contributed by atoms with Crippen LogP contribution in [0.2, 0.25) is 0 Å². The van der Waals surface area contributed by atoms with Gasteiger partial charge in [0, 0.05) is 19.0 Å². The molecule has 1 rings (SSSR count). The van der Waals surface area contributed by atoms with Gasteiger partial charge in [0.25, 0.3) is 0 Å². The molecule has 0 atom stereocenters. The monoisotopic (exact) mass is 251 g/mol. The zero-order valence-electron chi connectivity index (χ0n) is 11.5.